The highest BCUT2D eigenvalue weighted by Gasteiger charge is 2.12. The molecule has 5 rings (SSSR count). The molecule has 2 heterocycles. The first-order valence-electron chi connectivity index (χ1n) is 10.5. The topological polar surface area (TPSA) is 81.8 Å². The maximum Gasteiger partial charge on any atom is 0.264 e. The van der Waals surface area contributed by atoms with Crippen molar-refractivity contribution in [2.45, 2.75) is 13.1 Å². The van der Waals surface area contributed by atoms with Crippen LogP contribution in [0.25, 0.3) is 21.8 Å². The molecular weight excluding hydrogens is 438 g/mol. The number of hydrogen-bond donors (Lipinski definition) is 1. The van der Waals surface area contributed by atoms with E-state index in [1.54, 1.807) is 39.8 Å². The first-order valence-corrected chi connectivity index (χ1v) is 10.9. The number of nitrogens with zero attached hydrogens (tertiary/aromatic N) is 4. The van der Waals surface area contributed by atoms with Crippen molar-refractivity contribution in [3.63, 3.8) is 0 Å². The maximum absolute atomic E-state index is 13.1. The van der Waals surface area contributed by atoms with Gasteiger partial charge in [-0.15, -0.1) is 0 Å². The van der Waals surface area contributed by atoms with E-state index in [9.17, 15) is 9.59 Å². The van der Waals surface area contributed by atoms with Gasteiger partial charge in [0, 0.05) is 17.1 Å². The Hall–Kier alpha value is -3.97. The number of rotatable bonds is 6. The molecule has 0 radical (unpaired) electrons. The standard InChI is InChI=1S/C25H20ClN5O2/c26-20-9-4-7-18(13-20)24(32)27-11-12-31-23-22(14-29-31)25(33)30(16-28-23)15-19-8-3-6-17-5-1-2-10-21(17)19/h1-10,13-14,16H,11-12,15H2,(H,27,32). The van der Waals surface area contributed by atoms with Gasteiger partial charge in [0.05, 0.1) is 19.3 Å². The average molecular weight is 458 g/mol. The Kier molecular flexibility index (Phi) is 5.62. The second-order valence-corrected chi connectivity index (χ2v) is 8.12. The Morgan fingerprint density at radius 2 is 1.82 bits per heavy atom. The largest absolute Gasteiger partial charge is 0.350 e. The van der Waals surface area contributed by atoms with Gasteiger partial charge in [-0.25, -0.2) is 9.67 Å². The van der Waals surface area contributed by atoms with Gasteiger partial charge in [-0.2, -0.15) is 5.10 Å². The first-order chi connectivity index (χ1) is 16.1. The number of nitrogens with one attached hydrogen (secondary N) is 1. The molecule has 0 saturated carbocycles. The van der Waals surface area contributed by atoms with Gasteiger partial charge in [-0.05, 0) is 34.5 Å². The SMILES string of the molecule is O=C(NCCn1ncc2c(=O)n(Cc3cccc4ccccc34)cnc21)c1cccc(Cl)c1. The lowest BCUT2D eigenvalue weighted by atomic mass is 10.0. The van der Waals surface area contributed by atoms with Crippen LogP contribution in [-0.4, -0.2) is 31.8 Å². The Morgan fingerprint density at radius 3 is 2.70 bits per heavy atom. The molecule has 0 unspecified atom stereocenters. The van der Waals surface area contributed by atoms with Crippen LogP contribution >= 0.6 is 11.6 Å². The lowest BCUT2D eigenvalue weighted by molar-refractivity contribution is 0.0952. The van der Waals surface area contributed by atoms with Crippen LogP contribution in [0.4, 0.5) is 0 Å². The summed E-state index contributed by atoms with van der Waals surface area (Å²) < 4.78 is 3.22. The number of benzene rings is 3. The summed E-state index contributed by atoms with van der Waals surface area (Å²) >= 11 is 5.94. The molecule has 0 aliphatic heterocycles. The second kappa shape index (κ2) is 8.88. The maximum atomic E-state index is 13.1. The lowest BCUT2D eigenvalue weighted by Crippen LogP contribution is -2.27. The normalized spacial score (nSPS) is 11.2. The van der Waals surface area contributed by atoms with Crippen molar-refractivity contribution >= 4 is 39.3 Å². The van der Waals surface area contributed by atoms with Crippen molar-refractivity contribution < 1.29 is 4.79 Å². The fourth-order valence-corrected chi connectivity index (χ4v) is 4.09. The molecule has 164 valence electrons. The second-order valence-electron chi connectivity index (χ2n) is 7.69. The third-order valence-corrected chi connectivity index (χ3v) is 5.77. The van der Waals surface area contributed by atoms with E-state index in [0.717, 1.165) is 16.3 Å². The monoisotopic (exact) mass is 457 g/mol. The third kappa shape index (κ3) is 4.23. The Labute approximate surface area is 194 Å². The molecule has 3 aromatic carbocycles. The van der Waals surface area contributed by atoms with E-state index in [2.05, 4.69) is 33.6 Å². The fourth-order valence-electron chi connectivity index (χ4n) is 3.89. The van der Waals surface area contributed by atoms with Gasteiger partial charge >= 0.3 is 0 Å². The first kappa shape index (κ1) is 20.9. The fraction of sp³-hybridized carbons (Fsp3) is 0.120. The zero-order chi connectivity index (χ0) is 22.8. The zero-order valence-corrected chi connectivity index (χ0v) is 18.4. The quantitative estimate of drug-likeness (QED) is 0.419. The summed E-state index contributed by atoms with van der Waals surface area (Å²) in [5, 5.41) is 10.3. The van der Waals surface area contributed by atoms with E-state index >= 15 is 0 Å². The van der Waals surface area contributed by atoms with E-state index in [1.165, 1.54) is 6.20 Å². The third-order valence-electron chi connectivity index (χ3n) is 5.54. The molecule has 0 saturated heterocycles. The molecule has 0 fully saturated rings. The van der Waals surface area contributed by atoms with Crippen LogP contribution in [0, 0.1) is 0 Å². The molecule has 33 heavy (non-hydrogen) atoms. The van der Waals surface area contributed by atoms with Gasteiger partial charge in [-0.3, -0.25) is 14.2 Å². The molecule has 5 aromatic rings. The number of carbonyl (C=O) groups is 1. The Morgan fingerprint density at radius 1 is 1.00 bits per heavy atom. The van der Waals surface area contributed by atoms with E-state index in [1.807, 2.05) is 24.3 Å². The number of aromatic nitrogens is 4. The zero-order valence-electron chi connectivity index (χ0n) is 17.6. The molecule has 0 bridgehead atoms. The van der Waals surface area contributed by atoms with E-state index < -0.39 is 0 Å². The van der Waals surface area contributed by atoms with Crippen LogP contribution < -0.4 is 10.9 Å². The molecule has 0 aliphatic carbocycles. The van der Waals surface area contributed by atoms with Crippen LogP contribution in [0.5, 0.6) is 0 Å². The lowest BCUT2D eigenvalue weighted by Gasteiger charge is -2.09. The molecule has 2 aromatic heterocycles. The van der Waals surface area contributed by atoms with Gasteiger partial charge in [0.15, 0.2) is 5.65 Å². The summed E-state index contributed by atoms with van der Waals surface area (Å²) in [5.74, 6) is -0.223. The molecule has 1 amide bonds. The minimum absolute atomic E-state index is 0.151. The van der Waals surface area contributed by atoms with E-state index in [0.29, 0.717) is 41.3 Å². The molecule has 0 atom stereocenters. The molecule has 7 nitrogen and oxygen atoms in total. The molecule has 1 N–H and O–H groups in total. The number of carbonyl (C=O) groups excluding carboxylic acids is 1. The van der Waals surface area contributed by atoms with Gasteiger partial charge < -0.3 is 5.32 Å². The van der Waals surface area contributed by atoms with Crippen molar-refractivity contribution in [3.8, 4) is 0 Å². The number of amides is 1. The summed E-state index contributed by atoms with van der Waals surface area (Å²) in [4.78, 5) is 29.8. The summed E-state index contributed by atoms with van der Waals surface area (Å²) in [6, 6.07) is 20.9. The predicted molar refractivity (Wildman–Crippen MR) is 129 cm³/mol. The van der Waals surface area contributed by atoms with Crippen molar-refractivity contribution in [2.75, 3.05) is 6.54 Å². The Bertz CT molecular complexity index is 1530. The smallest absolute Gasteiger partial charge is 0.264 e. The van der Waals surface area contributed by atoms with Crippen molar-refractivity contribution in [1.29, 1.82) is 0 Å². The molecular formula is C25H20ClN5O2. The van der Waals surface area contributed by atoms with Gasteiger partial charge in [0.1, 0.15) is 11.7 Å². The summed E-state index contributed by atoms with van der Waals surface area (Å²) in [6.07, 6.45) is 3.08. The van der Waals surface area contributed by atoms with Crippen LogP contribution in [0.3, 0.4) is 0 Å². The molecule has 0 spiro atoms. The van der Waals surface area contributed by atoms with Gasteiger partial charge in [-0.1, -0.05) is 60.1 Å². The number of fused-ring (bicyclic) bond motifs is 2. The van der Waals surface area contributed by atoms with Crippen LogP contribution in [-0.2, 0) is 13.1 Å². The average Bonchev–Trinajstić information content (AvgIpc) is 3.25. The highest BCUT2D eigenvalue weighted by molar-refractivity contribution is 6.30. The highest BCUT2D eigenvalue weighted by atomic mass is 35.5. The van der Waals surface area contributed by atoms with Gasteiger partial charge in [0.2, 0.25) is 0 Å². The molecule has 0 aliphatic rings. The van der Waals surface area contributed by atoms with Crippen LogP contribution in [0.2, 0.25) is 5.02 Å². The predicted octanol–water partition coefficient (Wildman–Crippen LogP) is 3.88. The Balaban J connectivity index is 1.33. The minimum Gasteiger partial charge on any atom is -0.350 e. The van der Waals surface area contributed by atoms with E-state index in [-0.39, 0.29) is 11.5 Å². The minimum atomic E-state index is -0.223. The van der Waals surface area contributed by atoms with Gasteiger partial charge in [0.25, 0.3) is 11.5 Å². The number of hydrogen-bond acceptors (Lipinski definition) is 4. The number of halogens is 1. The van der Waals surface area contributed by atoms with E-state index in [4.69, 9.17) is 11.6 Å². The van der Waals surface area contributed by atoms with Crippen molar-refractivity contribution in [3.05, 3.63) is 106 Å². The molecule has 8 heteroatoms. The van der Waals surface area contributed by atoms with Crippen molar-refractivity contribution in [2.24, 2.45) is 0 Å². The van der Waals surface area contributed by atoms with Crippen LogP contribution in [0.1, 0.15) is 15.9 Å². The van der Waals surface area contributed by atoms with Crippen molar-refractivity contribution in [1.82, 2.24) is 24.6 Å². The highest BCUT2D eigenvalue weighted by Crippen LogP contribution is 2.19. The van der Waals surface area contributed by atoms with Crippen LogP contribution in [0.15, 0.2) is 84.0 Å². The summed E-state index contributed by atoms with van der Waals surface area (Å²) in [7, 11) is 0. The summed E-state index contributed by atoms with van der Waals surface area (Å²) in [5.41, 5.74) is 1.88. The summed E-state index contributed by atoms with van der Waals surface area (Å²) in [6.45, 7) is 1.14.